The van der Waals surface area contributed by atoms with Crippen molar-refractivity contribution in [2.75, 3.05) is 11.9 Å². The summed E-state index contributed by atoms with van der Waals surface area (Å²) in [5.74, 6) is -0.994. The molecule has 1 unspecified atom stereocenters. The number of aliphatic carboxylic acids is 1. The molecule has 2 N–H and O–H groups in total. The first-order valence-electron chi connectivity index (χ1n) is 7.35. The van der Waals surface area contributed by atoms with Crippen LogP contribution in [-0.2, 0) is 11.2 Å². The number of unbranched alkanes of at least 4 members (excludes halogenated alkanes) is 1. The fourth-order valence-corrected chi connectivity index (χ4v) is 1.98. The quantitative estimate of drug-likeness (QED) is 0.811. The molecule has 0 bridgehead atoms. The highest BCUT2D eigenvalue weighted by Crippen LogP contribution is 2.14. The number of hydrogen-bond donors (Lipinski definition) is 2. The van der Waals surface area contributed by atoms with Crippen LogP contribution in [0.25, 0.3) is 0 Å². The number of hydrogen-bond acceptors (Lipinski definition) is 2. The molecule has 2 amide bonds. The highest BCUT2D eigenvalue weighted by Gasteiger charge is 2.21. The van der Waals surface area contributed by atoms with Crippen LogP contribution in [0.5, 0.6) is 0 Å². The molecule has 0 saturated carbocycles. The number of nitrogens with one attached hydrogen (secondary N) is 1. The van der Waals surface area contributed by atoms with Gasteiger partial charge in [0.25, 0.3) is 0 Å². The smallest absolute Gasteiger partial charge is 0.326 e. The van der Waals surface area contributed by atoms with E-state index in [4.69, 9.17) is 5.11 Å². The lowest BCUT2D eigenvalue weighted by atomic mass is 10.1. The summed E-state index contributed by atoms with van der Waals surface area (Å²) in [4.78, 5) is 24.7. The van der Waals surface area contributed by atoms with Crippen LogP contribution in [0, 0.1) is 0 Å². The molecule has 0 aliphatic rings. The number of urea groups is 1. The Balaban J connectivity index is 2.69. The zero-order valence-corrected chi connectivity index (χ0v) is 12.9. The number of carbonyl (C=O) groups excluding carboxylic acids is 1. The SMILES string of the molecule is CCCCC(NC(=O)N(C)c1ccc(CC)cc1)C(=O)O. The third-order valence-corrected chi connectivity index (χ3v) is 3.48. The molecule has 0 radical (unpaired) electrons. The molecule has 1 atom stereocenters. The second-order valence-electron chi connectivity index (χ2n) is 5.06. The topological polar surface area (TPSA) is 69.6 Å². The Morgan fingerprint density at radius 3 is 2.33 bits per heavy atom. The second kappa shape index (κ2) is 8.29. The summed E-state index contributed by atoms with van der Waals surface area (Å²) in [6, 6.07) is 6.41. The van der Waals surface area contributed by atoms with Crippen molar-refractivity contribution in [1.82, 2.24) is 5.32 Å². The van der Waals surface area contributed by atoms with E-state index in [-0.39, 0.29) is 0 Å². The Morgan fingerprint density at radius 2 is 1.86 bits per heavy atom. The van der Waals surface area contributed by atoms with Gasteiger partial charge in [-0.3, -0.25) is 4.90 Å². The van der Waals surface area contributed by atoms with Crippen LogP contribution in [0.15, 0.2) is 24.3 Å². The summed E-state index contributed by atoms with van der Waals surface area (Å²) in [6.07, 6.45) is 3.05. The first-order chi connectivity index (χ1) is 9.99. The molecule has 1 rings (SSSR count). The standard InChI is InChI=1S/C16H24N2O3/c1-4-6-7-14(15(19)20)17-16(21)18(3)13-10-8-12(5-2)9-11-13/h8-11,14H,4-7H2,1-3H3,(H,17,21)(H,19,20). The Bertz CT molecular complexity index is 471. The van der Waals surface area contributed by atoms with E-state index in [0.717, 1.165) is 24.9 Å². The van der Waals surface area contributed by atoms with Crippen molar-refractivity contribution >= 4 is 17.7 Å². The van der Waals surface area contributed by atoms with Gasteiger partial charge in [-0.25, -0.2) is 9.59 Å². The van der Waals surface area contributed by atoms with E-state index >= 15 is 0 Å². The number of aryl methyl sites for hydroxylation is 1. The van der Waals surface area contributed by atoms with Gasteiger partial charge in [0.1, 0.15) is 6.04 Å². The highest BCUT2D eigenvalue weighted by molar-refractivity contribution is 5.93. The average molecular weight is 292 g/mol. The van der Waals surface area contributed by atoms with Crippen LogP contribution in [0.1, 0.15) is 38.7 Å². The zero-order chi connectivity index (χ0) is 15.8. The lowest BCUT2D eigenvalue weighted by Crippen LogP contribution is -2.46. The third kappa shape index (κ3) is 5.10. The van der Waals surface area contributed by atoms with Crippen LogP contribution in [0.3, 0.4) is 0 Å². The number of nitrogens with zero attached hydrogens (tertiary/aromatic N) is 1. The Kier molecular flexibility index (Phi) is 6.72. The van der Waals surface area contributed by atoms with Gasteiger partial charge < -0.3 is 10.4 Å². The summed E-state index contributed by atoms with van der Waals surface area (Å²) < 4.78 is 0. The zero-order valence-electron chi connectivity index (χ0n) is 12.9. The van der Waals surface area contributed by atoms with E-state index in [2.05, 4.69) is 12.2 Å². The van der Waals surface area contributed by atoms with Gasteiger partial charge in [0, 0.05) is 12.7 Å². The van der Waals surface area contributed by atoms with E-state index < -0.39 is 18.0 Å². The average Bonchev–Trinajstić information content (AvgIpc) is 2.50. The molecule has 1 aromatic rings. The van der Waals surface area contributed by atoms with Crippen molar-refractivity contribution < 1.29 is 14.7 Å². The number of carboxylic acids is 1. The number of amides is 2. The predicted octanol–water partition coefficient (Wildman–Crippen LogP) is 3.04. The molecular weight excluding hydrogens is 268 g/mol. The molecule has 0 aliphatic heterocycles. The first-order valence-corrected chi connectivity index (χ1v) is 7.35. The van der Waals surface area contributed by atoms with Gasteiger partial charge in [-0.05, 0) is 30.5 Å². The normalized spacial score (nSPS) is 11.8. The number of carbonyl (C=O) groups is 2. The highest BCUT2D eigenvalue weighted by atomic mass is 16.4. The molecule has 0 fully saturated rings. The summed E-state index contributed by atoms with van der Waals surface area (Å²) >= 11 is 0. The maximum absolute atomic E-state index is 12.1. The number of rotatable bonds is 7. The van der Waals surface area contributed by atoms with Crippen LogP contribution in [0.4, 0.5) is 10.5 Å². The molecule has 5 heteroatoms. The van der Waals surface area contributed by atoms with Gasteiger partial charge in [-0.2, -0.15) is 0 Å². The molecule has 116 valence electrons. The second-order valence-corrected chi connectivity index (χ2v) is 5.06. The minimum Gasteiger partial charge on any atom is -0.480 e. The van der Waals surface area contributed by atoms with Crippen LogP contribution >= 0.6 is 0 Å². The van der Waals surface area contributed by atoms with Gasteiger partial charge >= 0.3 is 12.0 Å². The first kappa shape index (κ1) is 17.0. The van der Waals surface area contributed by atoms with Crippen LogP contribution < -0.4 is 10.2 Å². The fourth-order valence-electron chi connectivity index (χ4n) is 1.98. The molecule has 0 heterocycles. The Morgan fingerprint density at radius 1 is 1.24 bits per heavy atom. The molecule has 0 aromatic heterocycles. The van der Waals surface area contributed by atoms with Crippen molar-refractivity contribution in [3.05, 3.63) is 29.8 Å². The predicted molar refractivity (Wildman–Crippen MR) is 83.7 cm³/mol. The molecular formula is C16H24N2O3. The van der Waals surface area contributed by atoms with Crippen LogP contribution in [0.2, 0.25) is 0 Å². The van der Waals surface area contributed by atoms with Gasteiger partial charge in [-0.15, -0.1) is 0 Å². The van der Waals surface area contributed by atoms with Crippen molar-refractivity contribution in [2.24, 2.45) is 0 Å². The van der Waals surface area contributed by atoms with Crippen molar-refractivity contribution in [2.45, 2.75) is 45.6 Å². The Hall–Kier alpha value is -2.04. The van der Waals surface area contributed by atoms with Crippen molar-refractivity contribution in [3.63, 3.8) is 0 Å². The summed E-state index contributed by atoms with van der Waals surface area (Å²) in [7, 11) is 1.63. The van der Waals surface area contributed by atoms with Gasteiger partial charge in [0.05, 0.1) is 0 Å². The van der Waals surface area contributed by atoms with Crippen molar-refractivity contribution in [1.29, 1.82) is 0 Å². The molecule has 0 spiro atoms. The Labute approximate surface area is 126 Å². The number of anilines is 1. The lowest BCUT2D eigenvalue weighted by Gasteiger charge is -2.21. The molecule has 0 saturated heterocycles. The molecule has 0 aliphatic carbocycles. The van der Waals surface area contributed by atoms with Gasteiger partial charge in [0.15, 0.2) is 0 Å². The van der Waals surface area contributed by atoms with E-state index in [0.29, 0.717) is 6.42 Å². The summed E-state index contributed by atoms with van der Waals surface area (Å²) in [6.45, 7) is 4.05. The van der Waals surface area contributed by atoms with Crippen LogP contribution in [-0.4, -0.2) is 30.2 Å². The minimum absolute atomic E-state index is 0.400. The van der Waals surface area contributed by atoms with E-state index in [1.807, 2.05) is 31.2 Å². The summed E-state index contributed by atoms with van der Waals surface area (Å²) in [5.41, 5.74) is 1.93. The third-order valence-electron chi connectivity index (χ3n) is 3.48. The number of carboxylic acid groups (broad SMARTS) is 1. The van der Waals surface area contributed by atoms with Gasteiger partial charge in [0.2, 0.25) is 0 Å². The van der Waals surface area contributed by atoms with Gasteiger partial charge in [-0.1, -0.05) is 38.8 Å². The van der Waals surface area contributed by atoms with Crippen molar-refractivity contribution in [3.8, 4) is 0 Å². The number of benzene rings is 1. The minimum atomic E-state index is -0.994. The molecule has 21 heavy (non-hydrogen) atoms. The van der Waals surface area contributed by atoms with E-state index in [1.54, 1.807) is 7.05 Å². The fraction of sp³-hybridized carbons (Fsp3) is 0.500. The maximum atomic E-state index is 12.1. The lowest BCUT2D eigenvalue weighted by molar-refractivity contribution is -0.139. The largest absolute Gasteiger partial charge is 0.480 e. The maximum Gasteiger partial charge on any atom is 0.326 e. The molecule has 5 nitrogen and oxygen atoms in total. The van der Waals surface area contributed by atoms with E-state index in [1.165, 1.54) is 10.5 Å². The summed E-state index contributed by atoms with van der Waals surface area (Å²) in [5, 5.41) is 11.7. The monoisotopic (exact) mass is 292 g/mol. The van der Waals surface area contributed by atoms with E-state index in [9.17, 15) is 9.59 Å². The molecule has 1 aromatic carbocycles.